The van der Waals surface area contributed by atoms with Crippen LogP contribution in [0.15, 0.2) is 91.1 Å². The van der Waals surface area contributed by atoms with Crippen LogP contribution in [0.5, 0.6) is 5.75 Å². The van der Waals surface area contributed by atoms with Gasteiger partial charge in [-0.3, -0.25) is 9.20 Å². The van der Waals surface area contributed by atoms with Crippen molar-refractivity contribution in [3.63, 3.8) is 0 Å². The van der Waals surface area contributed by atoms with Gasteiger partial charge in [0.15, 0.2) is 0 Å². The fourth-order valence-electron chi connectivity index (χ4n) is 3.59. The summed E-state index contributed by atoms with van der Waals surface area (Å²) in [6, 6.07) is 26.3. The summed E-state index contributed by atoms with van der Waals surface area (Å²) in [5.74, 6) is -0.349. The smallest absolute Gasteiger partial charge is 0.217 e. The first-order valence-corrected chi connectivity index (χ1v) is 9.02. The maximum atomic E-state index is 13.3. The minimum absolute atomic E-state index is 0.0478. The van der Waals surface area contributed by atoms with Gasteiger partial charge in [0.05, 0.1) is 11.3 Å². The van der Waals surface area contributed by atoms with Crippen molar-refractivity contribution in [2.24, 2.45) is 0 Å². The van der Waals surface area contributed by atoms with E-state index in [1.165, 1.54) is 6.07 Å². The van der Waals surface area contributed by atoms with Crippen LogP contribution >= 0.6 is 0 Å². The summed E-state index contributed by atoms with van der Waals surface area (Å²) in [5, 5.41) is 12.2. The van der Waals surface area contributed by atoms with Crippen LogP contribution in [-0.2, 0) is 0 Å². The number of phenolic OH excluding ortho intramolecular Hbond substituents is 1. The lowest BCUT2D eigenvalue weighted by Crippen LogP contribution is -2.04. The molecule has 2 aromatic heterocycles. The number of fused-ring (bicyclic) bond motifs is 3. The van der Waals surface area contributed by atoms with Crippen LogP contribution in [0.2, 0.25) is 0 Å². The molecule has 0 spiro atoms. The number of rotatable bonds is 3. The van der Waals surface area contributed by atoms with E-state index in [4.69, 9.17) is 4.98 Å². The first-order chi connectivity index (χ1) is 13.7. The summed E-state index contributed by atoms with van der Waals surface area (Å²) in [6.07, 6.45) is 1.94. The second-order valence-electron chi connectivity index (χ2n) is 6.62. The van der Waals surface area contributed by atoms with E-state index in [9.17, 15) is 9.90 Å². The Bertz CT molecular complexity index is 1340. The Kier molecular flexibility index (Phi) is 3.69. The Balaban J connectivity index is 1.86. The summed E-state index contributed by atoms with van der Waals surface area (Å²) >= 11 is 0. The molecule has 0 radical (unpaired) electrons. The van der Waals surface area contributed by atoms with Crippen molar-refractivity contribution in [1.29, 1.82) is 0 Å². The van der Waals surface area contributed by atoms with E-state index in [2.05, 4.69) is 0 Å². The predicted octanol–water partition coefficient (Wildman–Crippen LogP) is 5.09. The van der Waals surface area contributed by atoms with Gasteiger partial charge in [-0.25, -0.2) is 4.98 Å². The number of aromatic hydroxyl groups is 1. The van der Waals surface area contributed by atoms with E-state index in [0.717, 1.165) is 27.7 Å². The van der Waals surface area contributed by atoms with Gasteiger partial charge in [0.1, 0.15) is 17.1 Å². The largest absolute Gasteiger partial charge is 0.507 e. The van der Waals surface area contributed by atoms with Gasteiger partial charge in [0, 0.05) is 17.1 Å². The highest BCUT2D eigenvalue weighted by molar-refractivity contribution is 6.14. The third-order valence-electron chi connectivity index (χ3n) is 4.93. The third-order valence-corrected chi connectivity index (χ3v) is 4.93. The molecule has 0 saturated carbocycles. The number of imidazole rings is 1. The predicted molar refractivity (Wildman–Crippen MR) is 110 cm³/mol. The van der Waals surface area contributed by atoms with Gasteiger partial charge < -0.3 is 5.11 Å². The molecule has 0 saturated heterocycles. The molecule has 0 aliphatic rings. The number of pyridine rings is 1. The Hall–Kier alpha value is -3.92. The number of hydrogen-bond acceptors (Lipinski definition) is 3. The summed E-state index contributed by atoms with van der Waals surface area (Å²) in [6.45, 7) is 0. The molecule has 1 N–H and O–H groups in total. The highest BCUT2D eigenvalue weighted by Crippen LogP contribution is 2.31. The highest BCUT2D eigenvalue weighted by atomic mass is 16.3. The van der Waals surface area contributed by atoms with Crippen molar-refractivity contribution >= 4 is 22.2 Å². The van der Waals surface area contributed by atoms with Crippen molar-refractivity contribution < 1.29 is 9.90 Å². The Morgan fingerprint density at radius 3 is 2.36 bits per heavy atom. The fraction of sp³-hybridized carbons (Fsp3) is 0. The first kappa shape index (κ1) is 16.3. The molecule has 4 heteroatoms. The molecule has 3 aromatic carbocycles. The van der Waals surface area contributed by atoms with E-state index in [-0.39, 0.29) is 17.1 Å². The standard InChI is InChI=1S/C24H16N2O2/c27-20-13-7-6-12-19(20)23(28)21-22(17-9-2-1-3-10-17)26-15-14-16-8-4-5-11-18(16)24(26)25-21/h1-15,27H. The molecule has 2 heterocycles. The molecular weight excluding hydrogens is 348 g/mol. The van der Waals surface area contributed by atoms with E-state index in [1.807, 2.05) is 71.3 Å². The molecule has 134 valence electrons. The normalized spacial score (nSPS) is 11.1. The molecule has 0 atom stereocenters. The molecule has 0 unspecified atom stereocenters. The maximum absolute atomic E-state index is 13.3. The number of para-hydroxylation sites is 1. The average molecular weight is 364 g/mol. The van der Waals surface area contributed by atoms with Gasteiger partial charge in [0.2, 0.25) is 5.78 Å². The van der Waals surface area contributed by atoms with Crippen LogP contribution in [0.3, 0.4) is 0 Å². The lowest BCUT2D eigenvalue weighted by molar-refractivity contribution is 0.103. The molecule has 5 aromatic rings. The number of ketones is 1. The van der Waals surface area contributed by atoms with E-state index in [1.54, 1.807) is 18.2 Å². The number of carbonyl (C=O) groups excluding carboxylic acids is 1. The number of phenols is 1. The van der Waals surface area contributed by atoms with Gasteiger partial charge in [-0.15, -0.1) is 0 Å². The lowest BCUT2D eigenvalue weighted by Gasteiger charge is -2.07. The molecule has 5 rings (SSSR count). The van der Waals surface area contributed by atoms with Crippen LogP contribution < -0.4 is 0 Å². The fourth-order valence-corrected chi connectivity index (χ4v) is 3.59. The maximum Gasteiger partial charge on any atom is 0.217 e. The number of carbonyl (C=O) groups is 1. The van der Waals surface area contributed by atoms with Gasteiger partial charge in [-0.05, 0) is 23.6 Å². The Labute approximate surface area is 161 Å². The molecule has 0 bridgehead atoms. The number of nitrogens with zero attached hydrogens (tertiary/aromatic N) is 2. The van der Waals surface area contributed by atoms with Crippen LogP contribution in [0.25, 0.3) is 27.7 Å². The van der Waals surface area contributed by atoms with Crippen molar-refractivity contribution in [2.75, 3.05) is 0 Å². The quantitative estimate of drug-likeness (QED) is 0.454. The Morgan fingerprint density at radius 2 is 1.54 bits per heavy atom. The van der Waals surface area contributed by atoms with Gasteiger partial charge in [-0.1, -0.05) is 66.7 Å². The zero-order valence-corrected chi connectivity index (χ0v) is 14.9. The van der Waals surface area contributed by atoms with Crippen LogP contribution in [0.4, 0.5) is 0 Å². The van der Waals surface area contributed by atoms with Crippen LogP contribution in [-0.4, -0.2) is 20.3 Å². The minimum atomic E-state index is -0.301. The molecule has 0 aliphatic carbocycles. The average Bonchev–Trinajstić information content (AvgIpc) is 3.14. The van der Waals surface area contributed by atoms with Crippen LogP contribution in [0, 0.1) is 0 Å². The van der Waals surface area contributed by atoms with E-state index < -0.39 is 0 Å². The van der Waals surface area contributed by atoms with Gasteiger partial charge in [0.25, 0.3) is 0 Å². The zero-order valence-electron chi connectivity index (χ0n) is 14.9. The van der Waals surface area contributed by atoms with Crippen LogP contribution in [0.1, 0.15) is 16.1 Å². The Morgan fingerprint density at radius 1 is 0.821 bits per heavy atom. The minimum Gasteiger partial charge on any atom is -0.507 e. The zero-order chi connectivity index (χ0) is 19.1. The topological polar surface area (TPSA) is 54.6 Å². The molecule has 0 fully saturated rings. The van der Waals surface area contributed by atoms with Crippen molar-refractivity contribution in [3.05, 3.63) is 102 Å². The summed E-state index contributed by atoms with van der Waals surface area (Å²) < 4.78 is 1.95. The number of benzene rings is 3. The number of hydrogen-bond donors (Lipinski definition) is 1. The van der Waals surface area contributed by atoms with Gasteiger partial charge >= 0.3 is 0 Å². The van der Waals surface area contributed by atoms with Crippen molar-refractivity contribution in [1.82, 2.24) is 9.38 Å². The highest BCUT2D eigenvalue weighted by Gasteiger charge is 2.24. The van der Waals surface area contributed by atoms with E-state index >= 15 is 0 Å². The molecular formula is C24H16N2O2. The first-order valence-electron chi connectivity index (χ1n) is 9.02. The molecule has 0 aliphatic heterocycles. The molecule has 28 heavy (non-hydrogen) atoms. The second kappa shape index (κ2) is 6.35. The second-order valence-corrected chi connectivity index (χ2v) is 6.62. The monoisotopic (exact) mass is 364 g/mol. The van der Waals surface area contributed by atoms with E-state index in [0.29, 0.717) is 5.69 Å². The summed E-state index contributed by atoms with van der Waals surface area (Å²) in [5.41, 5.74) is 2.89. The SMILES string of the molecule is O=C(c1ccccc1O)c1nc2c3ccccc3ccn2c1-c1ccccc1. The molecule has 0 amide bonds. The van der Waals surface area contributed by atoms with Crippen molar-refractivity contribution in [3.8, 4) is 17.0 Å². The summed E-state index contributed by atoms with van der Waals surface area (Å²) in [4.78, 5) is 18.1. The summed E-state index contributed by atoms with van der Waals surface area (Å²) in [7, 11) is 0. The van der Waals surface area contributed by atoms with Crippen molar-refractivity contribution in [2.45, 2.75) is 0 Å². The molecule has 4 nitrogen and oxygen atoms in total. The van der Waals surface area contributed by atoms with Gasteiger partial charge in [-0.2, -0.15) is 0 Å². The lowest BCUT2D eigenvalue weighted by atomic mass is 10.0. The third kappa shape index (κ3) is 2.47. The number of aromatic nitrogens is 2.